The Balaban J connectivity index is 2.03. The van der Waals surface area contributed by atoms with Crippen LogP contribution < -0.4 is 0 Å². The van der Waals surface area contributed by atoms with Crippen LogP contribution in [0.25, 0.3) is 0 Å². The van der Waals surface area contributed by atoms with Gasteiger partial charge in [0.2, 0.25) is 0 Å². The largest absolute Gasteiger partial charge is 0.387 e. The lowest BCUT2D eigenvalue weighted by molar-refractivity contribution is 0.112. The van der Waals surface area contributed by atoms with Crippen LogP contribution in [-0.4, -0.2) is 32.9 Å². The zero-order chi connectivity index (χ0) is 16.1. The number of hydrogen-bond acceptors (Lipinski definition) is 3. The lowest BCUT2D eigenvalue weighted by Crippen LogP contribution is -2.28. The molecule has 4 heteroatoms. The highest BCUT2D eigenvalue weighted by molar-refractivity contribution is 5.23. The topological polar surface area (TPSA) is 41.3 Å². The van der Waals surface area contributed by atoms with E-state index in [0.717, 1.165) is 30.8 Å². The number of likely N-dealkylation sites (N-methyl/N-ethyl adjacent to an activating group) is 1. The van der Waals surface area contributed by atoms with Crippen molar-refractivity contribution in [3.8, 4) is 0 Å². The molecule has 0 radical (unpaired) electrons. The van der Waals surface area contributed by atoms with E-state index in [0.29, 0.717) is 6.54 Å². The second-order valence-electron chi connectivity index (χ2n) is 5.88. The van der Waals surface area contributed by atoms with Gasteiger partial charge in [0.25, 0.3) is 0 Å². The Morgan fingerprint density at radius 3 is 2.50 bits per heavy atom. The lowest BCUT2D eigenvalue weighted by atomic mass is 10.1. The first-order valence-corrected chi connectivity index (χ1v) is 8.01. The number of rotatable bonds is 7. The Morgan fingerprint density at radius 1 is 1.23 bits per heavy atom. The predicted molar refractivity (Wildman–Crippen MR) is 89.7 cm³/mol. The predicted octanol–water partition coefficient (Wildman–Crippen LogP) is 2.85. The Bertz CT molecular complexity index is 589. The van der Waals surface area contributed by atoms with E-state index in [1.807, 2.05) is 36.0 Å². The second-order valence-corrected chi connectivity index (χ2v) is 5.88. The maximum atomic E-state index is 10.5. The van der Waals surface area contributed by atoms with Gasteiger partial charge in [0.1, 0.15) is 0 Å². The zero-order valence-corrected chi connectivity index (χ0v) is 14.1. The third-order valence-electron chi connectivity index (χ3n) is 4.06. The van der Waals surface area contributed by atoms with E-state index in [4.69, 9.17) is 0 Å². The Kier molecular flexibility index (Phi) is 5.75. The van der Waals surface area contributed by atoms with E-state index in [-0.39, 0.29) is 0 Å². The molecule has 1 aromatic carbocycles. The highest BCUT2D eigenvalue weighted by Crippen LogP contribution is 2.17. The molecule has 1 N–H and O–H groups in total. The van der Waals surface area contributed by atoms with Gasteiger partial charge >= 0.3 is 0 Å². The van der Waals surface area contributed by atoms with Gasteiger partial charge in [-0.1, -0.05) is 43.7 Å². The fraction of sp³-hybridized carbons (Fsp3) is 0.500. The number of nitrogens with zero attached hydrogens (tertiary/aromatic N) is 3. The summed E-state index contributed by atoms with van der Waals surface area (Å²) in [6.07, 6.45) is 2.57. The van der Waals surface area contributed by atoms with Crippen molar-refractivity contribution in [1.82, 2.24) is 14.7 Å². The van der Waals surface area contributed by atoms with E-state index in [9.17, 15) is 5.11 Å². The van der Waals surface area contributed by atoms with Crippen LogP contribution in [0.1, 0.15) is 42.3 Å². The molecule has 0 spiro atoms. The molecule has 0 aliphatic carbocycles. The summed E-state index contributed by atoms with van der Waals surface area (Å²) in [6, 6.07) is 8.11. The van der Waals surface area contributed by atoms with Crippen molar-refractivity contribution < 1.29 is 5.11 Å². The molecule has 0 aliphatic heterocycles. The van der Waals surface area contributed by atoms with Crippen LogP contribution in [0, 0.1) is 6.92 Å². The van der Waals surface area contributed by atoms with Crippen LogP contribution >= 0.6 is 0 Å². The van der Waals surface area contributed by atoms with E-state index < -0.39 is 6.10 Å². The Morgan fingerprint density at radius 2 is 1.91 bits per heavy atom. The summed E-state index contributed by atoms with van der Waals surface area (Å²) in [5.41, 5.74) is 4.59. The van der Waals surface area contributed by atoms with Gasteiger partial charge in [-0.25, -0.2) is 0 Å². The molecule has 0 bridgehead atoms. The van der Waals surface area contributed by atoms with Gasteiger partial charge in [-0.05, 0) is 25.5 Å². The van der Waals surface area contributed by atoms with Gasteiger partial charge in [0, 0.05) is 31.9 Å². The molecule has 0 amide bonds. The van der Waals surface area contributed by atoms with Crippen LogP contribution in [0.2, 0.25) is 0 Å². The van der Waals surface area contributed by atoms with Crippen molar-refractivity contribution in [3.63, 3.8) is 0 Å². The fourth-order valence-corrected chi connectivity index (χ4v) is 2.70. The molecule has 120 valence electrons. The van der Waals surface area contributed by atoms with Crippen molar-refractivity contribution in [3.05, 3.63) is 52.8 Å². The second kappa shape index (κ2) is 7.56. The molecule has 4 nitrogen and oxygen atoms in total. The number of aromatic nitrogens is 2. The van der Waals surface area contributed by atoms with E-state index in [2.05, 4.69) is 37.0 Å². The van der Waals surface area contributed by atoms with Gasteiger partial charge in [-0.15, -0.1) is 0 Å². The van der Waals surface area contributed by atoms with Crippen LogP contribution in [0.5, 0.6) is 0 Å². The van der Waals surface area contributed by atoms with Crippen LogP contribution in [0.15, 0.2) is 30.5 Å². The van der Waals surface area contributed by atoms with Crippen molar-refractivity contribution >= 4 is 0 Å². The molecule has 0 fully saturated rings. The minimum atomic E-state index is -0.456. The standard InChI is InChI=1S/C18H27N3O/c1-5-17-16(11-20(4)19-17)12-21(6-2)13-18(22)15-9-7-14(3)8-10-15/h7-11,18,22H,5-6,12-13H2,1-4H3. The van der Waals surface area contributed by atoms with Gasteiger partial charge in [0.05, 0.1) is 11.8 Å². The molecular formula is C18H27N3O. The third kappa shape index (κ3) is 4.18. The van der Waals surface area contributed by atoms with E-state index in [1.54, 1.807) is 0 Å². The molecule has 1 atom stereocenters. The quantitative estimate of drug-likeness (QED) is 0.855. The molecule has 0 saturated carbocycles. The summed E-state index contributed by atoms with van der Waals surface area (Å²) in [5.74, 6) is 0. The monoisotopic (exact) mass is 301 g/mol. The van der Waals surface area contributed by atoms with Crippen molar-refractivity contribution in [2.24, 2.45) is 7.05 Å². The van der Waals surface area contributed by atoms with Crippen molar-refractivity contribution in [2.75, 3.05) is 13.1 Å². The molecule has 1 unspecified atom stereocenters. The molecule has 0 saturated heterocycles. The van der Waals surface area contributed by atoms with Crippen LogP contribution in [-0.2, 0) is 20.0 Å². The molecule has 22 heavy (non-hydrogen) atoms. The molecule has 2 rings (SSSR count). The molecule has 2 aromatic rings. The maximum Gasteiger partial charge on any atom is 0.0917 e. The van der Waals surface area contributed by atoms with Gasteiger partial charge in [-0.2, -0.15) is 5.10 Å². The average molecular weight is 301 g/mol. The SMILES string of the molecule is CCc1nn(C)cc1CN(CC)CC(O)c1ccc(C)cc1. The highest BCUT2D eigenvalue weighted by atomic mass is 16.3. The molecular weight excluding hydrogens is 274 g/mol. The molecule has 0 aliphatic rings. The number of aliphatic hydroxyl groups is 1. The first-order valence-electron chi connectivity index (χ1n) is 8.01. The molecule has 1 aromatic heterocycles. The first kappa shape index (κ1) is 16.7. The summed E-state index contributed by atoms with van der Waals surface area (Å²) in [7, 11) is 1.96. The first-order chi connectivity index (χ1) is 10.5. The average Bonchev–Trinajstić information content (AvgIpc) is 2.86. The number of aliphatic hydroxyl groups excluding tert-OH is 1. The van der Waals surface area contributed by atoms with Crippen LogP contribution in [0.3, 0.4) is 0 Å². The van der Waals surface area contributed by atoms with Gasteiger partial charge in [0.15, 0.2) is 0 Å². The normalized spacial score (nSPS) is 12.8. The van der Waals surface area contributed by atoms with Crippen molar-refractivity contribution in [2.45, 2.75) is 39.8 Å². The summed E-state index contributed by atoms with van der Waals surface area (Å²) in [4.78, 5) is 2.26. The lowest BCUT2D eigenvalue weighted by Gasteiger charge is -2.23. The van der Waals surface area contributed by atoms with E-state index in [1.165, 1.54) is 11.1 Å². The van der Waals surface area contributed by atoms with Crippen molar-refractivity contribution in [1.29, 1.82) is 0 Å². The minimum absolute atomic E-state index is 0.456. The summed E-state index contributed by atoms with van der Waals surface area (Å²) in [5, 5.41) is 15.0. The Labute approximate surface area is 133 Å². The van der Waals surface area contributed by atoms with Gasteiger partial charge in [-0.3, -0.25) is 9.58 Å². The van der Waals surface area contributed by atoms with Gasteiger partial charge < -0.3 is 5.11 Å². The Hall–Kier alpha value is -1.65. The van der Waals surface area contributed by atoms with E-state index >= 15 is 0 Å². The number of aryl methyl sites for hydroxylation is 3. The molecule has 1 heterocycles. The zero-order valence-electron chi connectivity index (χ0n) is 14.1. The number of benzene rings is 1. The highest BCUT2D eigenvalue weighted by Gasteiger charge is 2.15. The summed E-state index contributed by atoms with van der Waals surface area (Å²) >= 11 is 0. The summed E-state index contributed by atoms with van der Waals surface area (Å²) in [6.45, 7) is 8.69. The third-order valence-corrected chi connectivity index (χ3v) is 4.06. The maximum absolute atomic E-state index is 10.5. The fourth-order valence-electron chi connectivity index (χ4n) is 2.70. The smallest absolute Gasteiger partial charge is 0.0917 e. The number of hydrogen-bond donors (Lipinski definition) is 1. The van der Waals surface area contributed by atoms with Crippen LogP contribution in [0.4, 0.5) is 0 Å². The minimum Gasteiger partial charge on any atom is -0.387 e. The summed E-state index contributed by atoms with van der Waals surface area (Å²) < 4.78 is 1.87.